The molecule has 4 rings (SSSR count). The predicted octanol–water partition coefficient (Wildman–Crippen LogP) is 8.08. The average Bonchev–Trinajstić information content (AvgIpc) is 3.66. The van der Waals surface area contributed by atoms with Crippen LogP contribution in [-0.4, -0.2) is 53.3 Å². The van der Waals surface area contributed by atoms with Crippen LogP contribution in [0.15, 0.2) is 34.4 Å². The minimum absolute atomic E-state index is 0.0282. The molecule has 1 N–H and O–H groups in total. The Balaban J connectivity index is 1.95. The maximum absolute atomic E-state index is 14.6. The number of hydrogen-bond acceptors (Lipinski definition) is 7. The van der Waals surface area contributed by atoms with Gasteiger partial charge in [-0.1, -0.05) is 69.4 Å². The number of rotatable bonds is 2. The van der Waals surface area contributed by atoms with E-state index in [1.165, 1.54) is 7.11 Å². The second kappa shape index (κ2) is 15.7. The highest BCUT2D eigenvalue weighted by atomic mass is 16.6. The Morgan fingerprint density at radius 1 is 0.958 bits per heavy atom. The summed E-state index contributed by atoms with van der Waals surface area (Å²) in [5, 5.41) is 12.0. The van der Waals surface area contributed by atoms with Crippen molar-refractivity contribution < 1.29 is 33.8 Å². The number of epoxide rings is 1. The van der Waals surface area contributed by atoms with Gasteiger partial charge < -0.3 is 14.6 Å². The van der Waals surface area contributed by atoms with Crippen LogP contribution in [0.4, 0.5) is 0 Å². The summed E-state index contributed by atoms with van der Waals surface area (Å²) in [7, 11) is 1.33. The minimum atomic E-state index is -1.55. The number of Topliss-reactive ketones (excluding diaryl/α,β-unsaturated/α-hetero) is 3. The smallest absolute Gasteiger partial charge is 0.313 e. The molecule has 0 radical (unpaired) electrons. The van der Waals surface area contributed by atoms with Crippen LogP contribution in [0, 0.1) is 40.9 Å². The first-order chi connectivity index (χ1) is 22.5. The second-order valence-corrected chi connectivity index (χ2v) is 16.6. The van der Waals surface area contributed by atoms with Gasteiger partial charge in [0.2, 0.25) is 0 Å². The van der Waals surface area contributed by atoms with Crippen LogP contribution < -0.4 is 0 Å². The van der Waals surface area contributed by atoms with E-state index in [4.69, 9.17) is 9.47 Å². The maximum Gasteiger partial charge on any atom is 0.313 e. The molecule has 1 aliphatic heterocycles. The number of methoxy groups -OCH3 is 1. The highest BCUT2D eigenvalue weighted by molar-refractivity contribution is 5.97. The van der Waals surface area contributed by atoms with Crippen LogP contribution in [-0.2, 0) is 28.7 Å². The lowest BCUT2D eigenvalue weighted by molar-refractivity contribution is -0.166. The third-order valence-corrected chi connectivity index (χ3v) is 12.3. The summed E-state index contributed by atoms with van der Waals surface area (Å²) in [6.45, 7) is 16.1. The van der Waals surface area contributed by atoms with E-state index >= 15 is 0 Å². The Morgan fingerprint density at radius 2 is 1.67 bits per heavy atom. The molecule has 3 aliphatic carbocycles. The molecule has 1 heterocycles. The molecule has 0 bridgehead atoms. The van der Waals surface area contributed by atoms with Gasteiger partial charge in [-0.2, -0.15) is 0 Å². The predicted molar refractivity (Wildman–Crippen MR) is 188 cm³/mol. The first kappa shape index (κ1) is 38.4. The zero-order chi connectivity index (χ0) is 35.6. The summed E-state index contributed by atoms with van der Waals surface area (Å²) < 4.78 is 11.8. The number of allylic oxidation sites excluding steroid dienone is 4. The summed E-state index contributed by atoms with van der Waals surface area (Å²) >= 11 is 0. The quantitative estimate of drug-likeness (QED) is 0.180. The third kappa shape index (κ3) is 8.31. The van der Waals surface area contributed by atoms with Crippen LogP contribution in [0.2, 0.25) is 0 Å². The van der Waals surface area contributed by atoms with Gasteiger partial charge in [0.05, 0.1) is 30.3 Å². The van der Waals surface area contributed by atoms with Gasteiger partial charge in [-0.3, -0.25) is 19.2 Å². The Labute approximate surface area is 289 Å². The molecule has 0 aromatic heterocycles. The van der Waals surface area contributed by atoms with Crippen molar-refractivity contribution in [3.05, 3.63) is 34.4 Å². The van der Waals surface area contributed by atoms with Crippen LogP contribution >= 0.6 is 0 Å². The van der Waals surface area contributed by atoms with Crippen molar-refractivity contribution in [2.75, 3.05) is 7.11 Å². The number of esters is 1. The molecule has 4 aliphatic rings. The lowest BCUT2D eigenvalue weighted by Gasteiger charge is -2.49. The van der Waals surface area contributed by atoms with Crippen LogP contribution in [0.1, 0.15) is 132 Å². The number of hydrogen-bond donors (Lipinski definition) is 1. The van der Waals surface area contributed by atoms with Crippen molar-refractivity contribution in [1.29, 1.82) is 0 Å². The molecule has 0 amide bonds. The zero-order valence-corrected chi connectivity index (χ0v) is 31.2. The van der Waals surface area contributed by atoms with Gasteiger partial charge in [0, 0.05) is 42.9 Å². The Kier molecular flexibility index (Phi) is 12.5. The molecule has 0 unspecified atom stereocenters. The molecule has 2 fully saturated rings. The third-order valence-electron chi connectivity index (χ3n) is 12.3. The first-order valence-corrected chi connectivity index (χ1v) is 18.6. The highest BCUT2D eigenvalue weighted by Gasteiger charge is 2.60. The van der Waals surface area contributed by atoms with Crippen LogP contribution in [0.3, 0.4) is 0 Å². The van der Waals surface area contributed by atoms with Gasteiger partial charge >= 0.3 is 5.97 Å². The molecule has 1 saturated carbocycles. The van der Waals surface area contributed by atoms with Crippen LogP contribution in [0.5, 0.6) is 0 Å². The van der Waals surface area contributed by atoms with Gasteiger partial charge in [-0.05, 0) is 90.0 Å². The number of aliphatic hydroxyl groups excluding tert-OH is 1. The van der Waals surface area contributed by atoms with Crippen molar-refractivity contribution in [2.24, 2.45) is 40.9 Å². The fourth-order valence-electron chi connectivity index (χ4n) is 9.05. The number of aliphatic hydroxyl groups is 1. The highest BCUT2D eigenvalue weighted by Crippen LogP contribution is 2.55. The topological polar surface area (TPSA) is 110 Å². The lowest BCUT2D eigenvalue weighted by Crippen LogP contribution is -2.54. The van der Waals surface area contributed by atoms with Crippen LogP contribution in [0.25, 0.3) is 0 Å². The van der Waals surface area contributed by atoms with Crippen molar-refractivity contribution in [1.82, 2.24) is 0 Å². The largest absolute Gasteiger partial charge is 0.469 e. The van der Waals surface area contributed by atoms with Gasteiger partial charge in [0.1, 0.15) is 17.3 Å². The summed E-state index contributed by atoms with van der Waals surface area (Å²) in [4.78, 5) is 57.3. The summed E-state index contributed by atoms with van der Waals surface area (Å²) in [6, 6.07) is 0. The monoisotopic (exact) mass is 666 g/mol. The summed E-state index contributed by atoms with van der Waals surface area (Å²) in [5.41, 5.74) is 1.98. The lowest BCUT2D eigenvalue weighted by atomic mass is 9.53. The molecule has 0 aromatic carbocycles. The van der Waals surface area contributed by atoms with Gasteiger partial charge in [0.15, 0.2) is 0 Å². The molecule has 0 spiro atoms. The number of ether oxygens (including phenoxy) is 2. The number of ketones is 3. The van der Waals surface area contributed by atoms with E-state index in [1.54, 1.807) is 0 Å². The standard InChI is InChI=1S/C41H62O7/c1-24(2)30-22-33(42)28(6)14-10-12-25(3)19-34(43)31-21-29(7)38-32(41(31,23-36(30)45)39(46)47-9)18-27(5)15-16-37-40(8,48-37)17-11-13-26(4)20-35(38)44/h13,18,24-25,28,30-32,35,37,44H,10-12,14-17,19-23H2,1-9H3/b26-13+,27-18+/t25-,28+,30-,31+,32-,35+,37-,40-,41+/m0/s1. The van der Waals surface area contributed by atoms with E-state index in [-0.39, 0.29) is 72.5 Å². The van der Waals surface area contributed by atoms with Crippen molar-refractivity contribution >= 4 is 23.3 Å². The number of carbonyl (C=O) groups is 4. The molecular weight excluding hydrogens is 604 g/mol. The van der Waals surface area contributed by atoms with E-state index in [1.807, 2.05) is 41.5 Å². The SMILES string of the molecule is COC(=O)[C@]12CC(=O)[C@H](C(C)C)CC(=O)[C@H](C)CCC[C@H](C)CC(=O)[C@H]1CC(C)=C1[C@H](O)C/C(C)=C/CC[C@]3(C)O[C@H]3CC/C(C)=C/[C@@H]12. The molecule has 268 valence electrons. The molecule has 7 heteroatoms. The van der Waals surface area contributed by atoms with E-state index < -0.39 is 35.2 Å². The van der Waals surface area contributed by atoms with E-state index in [0.717, 1.165) is 61.7 Å². The molecular formula is C41H62O7. The summed E-state index contributed by atoms with van der Waals surface area (Å²) in [5.74, 6) is -3.06. The Hall–Kier alpha value is -2.38. The average molecular weight is 667 g/mol. The van der Waals surface area contributed by atoms with Crippen molar-refractivity contribution in [3.8, 4) is 0 Å². The first-order valence-electron chi connectivity index (χ1n) is 18.6. The van der Waals surface area contributed by atoms with Crippen molar-refractivity contribution in [3.63, 3.8) is 0 Å². The molecule has 0 aromatic rings. The molecule has 7 nitrogen and oxygen atoms in total. The molecule has 1 saturated heterocycles. The fraction of sp³-hybridized carbons (Fsp3) is 0.756. The van der Waals surface area contributed by atoms with E-state index in [2.05, 4.69) is 26.0 Å². The number of fused-ring (bicyclic) bond motifs is 4. The maximum atomic E-state index is 14.6. The zero-order valence-electron chi connectivity index (χ0n) is 31.2. The van der Waals surface area contributed by atoms with Gasteiger partial charge in [-0.25, -0.2) is 0 Å². The second-order valence-electron chi connectivity index (χ2n) is 16.6. The Morgan fingerprint density at radius 3 is 2.33 bits per heavy atom. The minimum Gasteiger partial charge on any atom is -0.469 e. The fourth-order valence-corrected chi connectivity index (χ4v) is 9.05. The van der Waals surface area contributed by atoms with Gasteiger partial charge in [0.25, 0.3) is 0 Å². The number of carbonyl (C=O) groups excluding carboxylic acids is 4. The van der Waals surface area contributed by atoms with Crippen molar-refractivity contribution in [2.45, 2.75) is 150 Å². The van der Waals surface area contributed by atoms with E-state index in [0.29, 0.717) is 12.0 Å². The molecule has 9 atom stereocenters. The molecule has 48 heavy (non-hydrogen) atoms. The van der Waals surface area contributed by atoms with E-state index in [9.17, 15) is 24.3 Å². The van der Waals surface area contributed by atoms with Gasteiger partial charge in [-0.15, -0.1) is 0 Å². The normalized spacial score (nSPS) is 40.2. The Bertz CT molecular complexity index is 1340. The summed E-state index contributed by atoms with van der Waals surface area (Å²) in [6.07, 6.45) is 10.0.